The Morgan fingerprint density at radius 1 is 1.28 bits per heavy atom. The highest BCUT2D eigenvalue weighted by Crippen LogP contribution is 2.29. The molecule has 0 bridgehead atoms. The van der Waals surface area contributed by atoms with Crippen LogP contribution in [-0.4, -0.2) is 23.9 Å². The molecule has 0 N–H and O–H groups in total. The van der Waals surface area contributed by atoms with Crippen molar-refractivity contribution in [3.63, 3.8) is 0 Å². The molecule has 0 spiro atoms. The molecule has 1 heterocycles. The number of ether oxygens (including phenoxy) is 2. The van der Waals surface area contributed by atoms with Gasteiger partial charge in [0.05, 0.1) is 12.0 Å². The summed E-state index contributed by atoms with van der Waals surface area (Å²) >= 11 is 5.92. The lowest BCUT2D eigenvalue weighted by molar-refractivity contribution is -0.385. The summed E-state index contributed by atoms with van der Waals surface area (Å²) in [5, 5.41) is 11.6. The molecule has 0 amide bonds. The van der Waals surface area contributed by atoms with E-state index in [1.807, 2.05) is 0 Å². The van der Waals surface area contributed by atoms with Gasteiger partial charge in [0.1, 0.15) is 0 Å². The topological polar surface area (TPSA) is 91.0 Å². The molecule has 7 nitrogen and oxygen atoms in total. The van der Waals surface area contributed by atoms with Gasteiger partial charge >= 0.3 is 11.7 Å². The first-order chi connectivity index (χ1) is 12.0. The Hall–Kier alpha value is -3.19. The maximum atomic E-state index is 12.0. The molecule has 0 atom stereocenters. The number of benzene rings is 2. The van der Waals surface area contributed by atoms with E-state index in [0.29, 0.717) is 16.1 Å². The summed E-state index contributed by atoms with van der Waals surface area (Å²) < 4.78 is 10.1. The van der Waals surface area contributed by atoms with Crippen molar-refractivity contribution in [3.8, 4) is 5.75 Å². The zero-order valence-corrected chi connectivity index (χ0v) is 13.7. The van der Waals surface area contributed by atoms with E-state index in [0.717, 1.165) is 0 Å². The van der Waals surface area contributed by atoms with Crippen molar-refractivity contribution in [1.29, 1.82) is 0 Å². The van der Waals surface area contributed by atoms with E-state index in [-0.39, 0.29) is 23.0 Å². The predicted octanol–water partition coefficient (Wildman–Crippen LogP) is 3.60. The standard InChI is InChI=1S/C17H11ClN2O5/c1-24-15-6-5-10(8-14(15)20(22)23)7-13-17(21)25-16(19-13)11-3-2-4-12(18)9-11/h2-9H,1H3/b13-7+. The molecule has 0 radical (unpaired) electrons. The maximum Gasteiger partial charge on any atom is 0.363 e. The van der Waals surface area contributed by atoms with Crippen molar-refractivity contribution in [2.45, 2.75) is 0 Å². The number of hydrogen-bond donors (Lipinski definition) is 0. The Morgan fingerprint density at radius 2 is 2.08 bits per heavy atom. The normalized spacial score (nSPS) is 15.0. The van der Waals surface area contributed by atoms with Gasteiger partial charge in [0.25, 0.3) is 0 Å². The second-order valence-corrected chi connectivity index (χ2v) is 5.47. The van der Waals surface area contributed by atoms with Crippen molar-refractivity contribution in [3.05, 3.63) is 74.4 Å². The number of nitrogens with zero attached hydrogens (tertiary/aromatic N) is 2. The van der Waals surface area contributed by atoms with E-state index in [1.165, 1.54) is 25.3 Å². The van der Waals surface area contributed by atoms with Crippen LogP contribution in [-0.2, 0) is 9.53 Å². The molecule has 0 saturated carbocycles. The van der Waals surface area contributed by atoms with Gasteiger partial charge in [-0.15, -0.1) is 0 Å². The molecular formula is C17H11ClN2O5. The van der Waals surface area contributed by atoms with Crippen LogP contribution in [0, 0.1) is 10.1 Å². The minimum Gasteiger partial charge on any atom is -0.490 e. The Morgan fingerprint density at radius 3 is 2.76 bits per heavy atom. The highest BCUT2D eigenvalue weighted by atomic mass is 35.5. The maximum absolute atomic E-state index is 12.0. The fraction of sp³-hybridized carbons (Fsp3) is 0.0588. The minimum atomic E-state index is -0.645. The SMILES string of the molecule is COc1ccc(/C=C2/N=C(c3cccc(Cl)c3)OC2=O)cc1[N+](=O)[O-]. The zero-order valence-electron chi connectivity index (χ0n) is 12.9. The molecule has 1 aliphatic heterocycles. The van der Waals surface area contributed by atoms with Gasteiger partial charge in [0.15, 0.2) is 11.4 Å². The van der Waals surface area contributed by atoms with Gasteiger partial charge in [-0.3, -0.25) is 10.1 Å². The molecule has 126 valence electrons. The van der Waals surface area contributed by atoms with Gasteiger partial charge in [0.2, 0.25) is 5.90 Å². The molecule has 0 fully saturated rings. The number of carbonyl (C=O) groups excluding carboxylic acids is 1. The zero-order chi connectivity index (χ0) is 18.0. The summed E-state index contributed by atoms with van der Waals surface area (Å²) in [7, 11) is 1.34. The smallest absolute Gasteiger partial charge is 0.363 e. The molecule has 2 aromatic rings. The Labute approximate surface area is 147 Å². The molecule has 0 aromatic heterocycles. The van der Waals surface area contributed by atoms with Gasteiger partial charge in [-0.2, -0.15) is 0 Å². The van der Waals surface area contributed by atoms with Crippen LogP contribution in [0.5, 0.6) is 5.75 Å². The lowest BCUT2D eigenvalue weighted by Crippen LogP contribution is -2.05. The number of cyclic esters (lactones) is 1. The summed E-state index contributed by atoms with van der Waals surface area (Å²) in [5.41, 5.74) is 0.817. The third-order valence-electron chi connectivity index (χ3n) is 3.40. The molecule has 8 heteroatoms. The minimum absolute atomic E-state index is 0.0365. The molecule has 1 aliphatic rings. The molecular weight excluding hydrogens is 348 g/mol. The first-order valence-electron chi connectivity index (χ1n) is 7.09. The number of nitro groups is 1. The van der Waals surface area contributed by atoms with E-state index in [1.54, 1.807) is 30.3 Å². The number of nitro benzene ring substituents is 1. The van der Waals surface area contributed by atoms with Gasteiger partial charge in [-0.25, -0.2) is 9.79 Å². The van der Waals surface area contributed by atoms with Crippen molar-refractivity contribution in [2.75, 3.05) is 7.11 Å². The summed E-state index contributed by atoms with van der Waals surface area (Å²) in [4.78, 5) is 26.6. The first kappa shape index (κ1) is 16.7. The Bertz CT molecular complexity index is 936. The quantitative estimate of drug-likeness (QED) is 0.360. The lowest BCUT2D eigenvalue weighted by atomic mass is 10.1. The van der Waals surface area contributed by atoms with E-state index in [4.69, 9.17) is 21.1 Å². The van der Waals surface area contributed by atoms with Gasteiger partial charge in [-0.1, -0.05) is 23.7 Å². The summed E-state index contributed by atoms with van der Waals surface area (Å²) in [6, 6.07) is 11.1. The van der Waals surface area contributed by atoms with Crippen LogP contribution >= 0.6 is 11.6 Å². The molecule has 0 saturated heterocycles. The molecule has 25 heavy (non-hydrogen) atoms. The fourth-order valence-corrected chi connectivity index (χ4v) is 2.44. The van der Waals surface area contributed by atoms with Crippen LogP contribution in [0.4, 0.5) is 5.69 Å². The third kappa shape index (κ3) is 3.51. The van der Waals surface area contributed by atoms with E-state index in [2.05, 4.69) is 4.99 Å². The average Bonchev–Trinajstić information content (AvgIpc) is 2.95. The number of carbonyl (C=O) groups is 1. The van der Waals surface area contributed by atoms with E-state index < -0.39 is 10.9 Å². The summed E-state index contributed by atoms with van der Waals surface area (Å²) in [5.74, 6) is -0.389. The van der Waals surface area contributed by atoms with Crippen molar-refractivity contribution >= 4 is 35.2 Å². The van der Waals surface area contributed by atoms with Crippen LogP contribution < -0.4 is 4.74 Å². The number of methoxy groups -OCH3 is 1. The van der Waals surface area contributed by atoms with Crippen molar-refractivity contribution in [2.24, 2.45) is 4.99 Å². The molecule has 2 aromatic carbocycles. The van der Waals surface area contributed by atoms with E-state index >= 15 is 0 Å². The number of aliphatic imine (C=N–C) groups is 1. The second kappa shape index (κ2) is 6.74. The van der Waals surface area contributed by atoms with Crippen LogP contribution in [0.1, 0.15) is 11.1 Å². The third-order valence-corrected chi connectivity index (χ3v) is 3.63. The van der Waals surface area contributed by atoms with Crippen LogP contribution in [0.3, 0.4) is 0 Å². The number of esters is 1. The largest absolute Gasteiger partial charge is 0.490 e. The van der Waals surface area contributed by atoms with Gasteiger partial charge in [-0.05, 0) is 35.9 Å². The first-order valence-corrected chi connectivity index (χ1v) is 7.46. The van der Waals surface area contributed by atoms with Crippen LogP contribution in [0.2, 0.25) is 5.02 Å². The number of hydrogen-bond acceptors (Lipinski definition) is 6. The van der Waals surface area contributed by atoms with Crippen LogP contribution in [0.15, 0.2) is 53.2 Å². The van der Waals surface area contributed by atoms with E-state index in [9.17, 15) is 14.9 Å². The van der Waals surface area contributed by atoms with Gasteiger partial charge < -0.3 is 9.47 Å². The average molecular weight is 359 g/mol. The monoisotopic (exact) mass is 358 g/mol. The fourth-order valence-electron chi connectivity index (χ4n) is 2.25. The highest BCUT2D eigenvalue weighted by molar-refractivity contribution is 6.31. The molecule has 3 rings (SSSR count). The van der Waals surface area contributed by atoms with Crippen molar-refractivity contribution < 1.29 is 19.2 Å². The number of rotatable bonds is 4. The number of halogens is 1. The summed E-state index contributed by atoms with van der Waals surface area (Å²) in [6.45, 7) is 0. The lowest BCUT2D eigenvalue weighted by Gasteiger charge is -2.02. The van der Waals surface area contributed by atoms with Crippen molar-refractivity contribution in [1.82, 2.24) is 0 Å². The predicted molar refractivity (Wildman–Crippen MR) is 91.7 cm³/mol. The van der Waals surface area contributed by atoms with Crippen LogP contribution in [0.25, 0.3) is 6.08 Å². The molecule has 0 unspecified atom stereocenters. The Balaban J connectivity index is 1.97. The molecule has 0 aliphatic carbocycles. The Kier molecular flexibility index (Phi) is 4.49. The van der Waals surface area contributed by atoms with Gasteiger partial charge in [0, 0.05) is 16.7 Å². The summed E-state index contributed by atoms with van der Waals surface area (Å²) in [6.07, 6.45) is 1.41. The highest BCUT2D eigenvalue weighted by Gasteiger charge is 2.25. The second-order valence-electron chi connectivity index (χ2n) is 5.03.